The Morgan fingerprint density at radius 3 is 2.57 bits per heavy atom. The third-order valence-electron chi connectivity index (χ3n) is 4.14. The van der Waals surface area contributed by atoms with Crippen molar-refractivity contribution in [2.75, 3.05) is 13.7 Å². The minimum atomic E-state index is -0.555. The molecule has 1 amide bonds. The van der Waals surface area contributed by atoms with E-state index in [1.165, 1.54) is 0 Å². The molecule has 7 heteroatoms. The Morgan fingerprint density at radius 2 is 1.89 bits per heavy atom. The Bertz CT molecular complexity index is 964. The molecule has 1 N–H and O–H groups in total. The summed E-state index contributed by atoms with van der Waals surface area (Å²) in [7, 11) is 1.58. The first-order valence-corrected chi connectivity index (χ1v) is 8.74. The minimum absolute atomic E-state index is 0.325. The molecule has 0 spiro atoms. The number of carbonyl (C=O) groups excluding carboxylic acids is 2. The van der Waals surface area contributed by atoms with E-state index < -0.39 is 5.97 Å². The van der Waals surface area contributed by atoms with Gasteiger partial charge < -0.3 is 14.8 Å². The standard InChI is InChI=1S/C21H21N3O4/c1-15-10-11-23-24(15)18-8-6-17(7-9-18)21(26)28-14-20(25)22-13-16-4-3-5-19(12-16)27-2/h3-12H,13-14H2,1-2H3,(H,22,25). The number of nitrogens with one attached hydrogen (secondary N) is 1. The van der Waals surface area contributed by atoms with Crippen molar-refractivity contribution in [2.45, 2.75) is 13.5 Å². The van der Waals surface area contributed by atoms with Crippen molar-refractivity contribution < 1.29 is 19.1 Å². The van der Waals surface area contributed by atoms with E-state index in [9.17, 15) is 9.59 Å². The maximum atomic E-state index is 12.1. The molecular formula is C21H21N3O4. The molecule has 0 bridgehead atoms. The van der Waals surface area contributed by atoms with E-state index in [2.05, 4.69) is 10.4 Å². The summed E-state index contributed by atoms with van der Waals surface area (Å²) in [5, 5.41) is 6.92. The summed E-state index contributed by atoms with van der Waals surface area (Å²) in [6.07, 6.45) is 1.71. The fraction of sp³-hybridized carbons (Fsp3) is 0.190. The lowest BCUT2D eigenvalue weighted by Crippen LogP contribution is -2.28. The SMILES string of the molecule is COc1cccc(CNC(=O)COC(=O)c2ccc(-n3nccc3C)cc2)c1. The minimum Gasteiger partial charge on any atom is -0.497 e. The molecule has 1 aromatic heterocycles. The largest absolute Gasteiger partial charge is 0.497 e. The number of carbonyl (C=O) groups is 2. The smallest absolute Gasteiger partial charge is 0.338 e. The Morgan fingerprint density at radius 1 is 1.11 bits per heavy atom. The van der Waals surface area contributed by atoms with Crippen LogP contribution in [0.25, 0.3) is 5.69 Å². The molecule has 0 aliphatic carbocycles. The molecule has 0 aliphatic heterocycles. The topological polar surface area (TPSA) is 82.5 Å². The van der Waals surface area contributed by atoms with E-state index in [-0.39, 0.29) is 12.5 Å². The summed E-state index contributed by atoms with van der Waals surface area (Å²) in [5.74, 6) is -0.216. The second-order valence-electron chi connectivity index (χ2n) is 6.14. The Balaban J connectivity index is 1.49. The van der Waals surface area contributed by atoms with Crippen LogP contribution < -0.4 is 10.1 Å². The fourth-order valence-corrected chi connectivity index (χ4v) is 2.63. The number of aromatic nitrogens is 2. The predicted octanol–water partition coefficient (Wildman–Crippen LogP) is 2.66. The summed E-state index contributed by atoms with van der Waals surface area (Å²) < 4.78 is 12.0. The van der Waals surface area contributed by atoms with Crippen molar-refractivity contribution in [3.05, 3.63) is 77.6 Å². The van der Waals surface area contributed by atoms with Crippen LogP contribution in [0.1, 0.15) is 21.6 Å². The fourth-order valence-electron chi connectivity index (χ4n) is 2.63. The summed E-state index contributed by atoms with van der Waals surface area (Å²) in [4.78, 5) is 24.1. The first-order chi connectivity index (χ1) is 13.6. The van der Waals surface area contributed by atoms with E-state index in [0.717, 1.165) is 16.9 Å². The Kier molecular flexibility index (Phi) is 6.06. The van der Waals surface area contributed by atoms with Crippen LogP contribution in [0.5, 0.6) is 5.75 Å². The van der Waals surface area contributed by atoms with E-state index >= 15 is 0 Å². The van der Waals surface area contributed by atoms with Gasteiger partial charge in [0.15, 0.2) is 6.61 Å². The highest BCUT2D eigenvalue weighted by molar-refractivity contribution is 5.91. The molecule has 3 aromatic rings. The van der Waals surface area contributed by atoms with Crippen molar-refractivity contribution in [3.8, 4) is 11.4 Å². The number of ether oxygens (including phenoxy) is 2. The van der Waals surface area contributed by atoms with Gasteiger partial charge in [-0.1, -0.05) is 12.1 Å². The van der Waals surface area contributed by atoms with Crippen LogP contribution in [0.4, 0.5) is 0 Å². The van der Waals surface area contributed by atoms with Crippen LogP contribution in [0.15, 0.2) is 60.8 Å². The zero-order chi connectivity index (χ0) is 19.9. The number of rotatable bonds is 7. The number of hydrogen-bond acceptors (Lipinski definition) is 5. The lowest BCUT2D eigenvalue weighted by molar-refractivity contribution is -0.124. The molecule has 7 nitrogen and oxygen atoms in total. The highest BCUT2D eigenvalue weighted by Gasteiger charge is 2.11. The maximum Gasteiger partial charge on any atom is 0.338 e. The average molecular weight is 379 g/mol. The summed E-state index contributed by atoms with van der Waals surface area (Å²) in [6, 6.07) is 16.1. The molecule has 0 saturated heterocycles. The number of benzene rings is 2. The zero-order valence-corrected chi connectivity index (χ0v) is 15.7. The molecular weight excluding hydrogens is 358 g/mol. The van der Waals surface area contributed by atoms with Gasteiger partial charge in [0.25, 0.3) is 5.91 Å². The highest BCUT2D eigenvalue weighted by atomic mass is 16.5. The monoisotopic (exact) mass is 379 g/mol. The molecule has 0 radical (unpaired) electrons. The summed E-state index contributed by atoms with van der Waals surface area (Å²) in [5.41, 5.74) is 3.09. The molecule has 3 rings (SSSR count). The number of aryl methyl sites for hydroxylation is 1. The van der Waals surface area contributed by atoms with Gasteiger partial charge in [0, 0.05) is 18.4 Å². The molecule has 28 heavy (non-hydrogen) atoms. The molecule has 144 valence electrons. The molecule has 0 unspecified atom stereocenters. The van der Waals surface area contributed by atoms with Crippen molar-refractivity contribution in [3.63, 3.8) is 0 Å². The molecule has 1 heterocycles. The molecule has 0 fully saturated rings. The van der Waals surface area contributed by atoms with Crippen LogP contribution in [0.3, 0.4) is 0 Å². The van der Waals surface area contributed by atoms with Gasteiger partial charge in [-0.25, -0.2) is 9.48 Å². The summed E-state index contributed by atoms with van der Waals surface area (Å²) >= 11 is 0. The van der Waals surface area contributed by atoms with Gasteiger partial charge >= 0.3 is 5.97 Å². The van der Waals surface area contributed by atoms with Crippen LogP contribution >= 0.6 is 0 Å². The van der Waals surface area contributed by atoms with E-state index in [0.29, 0.717) is 17.9 Å². The van der Waals surface area contributed by atoms with Gasteiger partial charge in [0.1, 0.15) is 5.75 Å². The molecule has 2 aromatic carbocycles. The third-order valence-corrected chi connectivity index (χ3v) is 4.14. The van der Waals surface area contributed by atoms with Gasteiger partial charge in [-0.2, -0.15) is 5.10 Å². The quantitative estimate of drug-likeness (QED) is 0.638. The van der Waals surface area contributed by atoms with Crippen LogP contribution in [0.2, 0.25) is 0 Å². The molecule has 0 atom stereocenters. The number of methoxy groups -OCH3 is 1. The van der Waals surface area contributed by atoms with Gasteiger partial charge in [-0.15, -0.1) is 0 Å². The molecule has 0 saturated carbocycles. The zero-order valence-electron chi connectivity index (χ0n) is 15.7. The highest BCUT2D eigenvalue weighted by Crippen LogP contribution is 2.13. The van der Waals surface area contributed by atoms with E-state index in [1.807, 2.05) is 37.3 Å². The number of amides is 1. The van der Waals surface area contributed by atoms with E-state index in [4.69, 9.17) is 9.47 Å². The number of nitrogens with zero attached hydrogens (tertiary/aromatic N) is 2. The first-order valence-electron chi connectivity index (χ1n) is 8.74. The van der Waals surface area contributed by atoms with Crippen LogP contribution in [-0.2, 0) is 16.1 Å². The lowest BCUT2D eigenvalue weighted by atomic mass is 10.2. The maximum absolute atomic E-state index is 12.1. The first kappa shape index (κ1) is 19.2. The second kappa shape index (κ2) is 8.85. The van der Waals surface area contributed by atoms with E-state index in [1.54, 1.807) is 42.3 Å². The summed E-state index contributed by atoms with van der Waals surface area (Å²) in [6.45, 7) is 1.92. The van der Waals surface area contributed by atoms with Gasteiger partial charge in [0.05, 0.1) is 18.4 Å². The van der Waals surface area contributed by atoms with Crippen molar-refractivity contribution >= 4 is 11.9 Å². The van der Waals surface area contributed by atoms with Gasteiger partial charge in [0.2, 0.25) is 0 Å². The predicted molar refractivity (Wildman–Crippen MR) is 103 cm³/mol. The Labute approximate surface area is 162 Å². The number of esters is 1. The molecule has 0 aliphatic rings. The van der Waals surface area contributed by atoms with Gasteiger partial charge in [-0.05, 0) is 55.0 Å². The third kappa shape index (κ3) is 4.76. The second-order valence-corrected chi connectivity index (χ2v) is 6.14. The lowest BCUT2D eigenvalue weighted by Gasteiger charge is -2.08. The van der Waals surface area contributed by atoms with Crippen molar-refractivity contribution in [2.24, 2.45) is 0 Å². The van der Waals surface area contributed by atoms with Crippen LogP contribution in [0, 0.1) is 6.92 Å². The van der Waals surface area contributed by atoms with Crippen molar-refractivity contribution in [1.29, 1.82) is 0 Å². The number of hydrogen-bond donors (Lipinski definition) is 1. The normalized spacial score (nSPS) is 10.4. The van der Waals surface area contributed by atoms with Crippen molar-refractivity contribution in [1.82, 2.24) is 15.1 Å². The van der Waals surface area contributed by atoms with Gasteiger partial charge in [-0.3, -0.25) is 4.79 Å². The van der Waals surface area contributed by atoms with Crippen LogP contribution in [-0.4, -0.2) is 35.4 Å². The Hall–Kier alpha value is -3.61. The average Bonchev–Trinajstić information content (AvgIpc) is 3.16.